The summed E-state index contributed by atoms with van der Waals surface area (Å²) in [6.45, 7) is 3.51. The number of nitrogens with one attached hydrogen (secondary N) is 2. The first kappa shape index (κ1) is 14.1. The zero-order valence-electron chi connectivity index (χ0n) is 10.5. The molecule has 1 heterocycles. The third-order valence-corrected chi connectivity index (χ3v) is 3.51. The molecule has 0 unspecified atom stereocenters. The Hall–Kier alpha value is -1.33. The van der Waals surface area contributed by atoms with Crippen molar-refractivity contribution in [3.63, 3.8) is 0 Å². The van der Waals surface area contributed by atoms with Crippen molar-refractivity contribution in [1.82, 2.24) is 9.97 Å². The molecule has 2 N–H and O–H groups in total. The maximum atomic E-state index is 5.85. The molecule has 0 saturated heterocycles. The van der Waals surface area contributed by atoms with Crippen LogP contribution in [0.3, 0.4) is 0 Å². The van der Waals surface area contributed by atoms with Gasteiger partial charge < -0.3 is 10.6 Å². The van der Waals surface area contributed by atoms with E-state index in [1.54, 1.807) is 0 Å². The van der Waals surface area contributed by atoms with E-state index < -0.39 is 0 Å². The molecule has 4 nitrogen and oxygen atoms in total. The van der Waals surface area contributed by atoms with Gasteiger partial charge in [0.25, 0.3) is 0 Å². The molecule has 1 aromatic carbocycles. The molecule has 0 aliphatic rings. The van der Waals surface area contributed by atoms with Gasteiger partial charge in [0.05, 0.1) is 0 Å². The van der Waals surface area contributed by atoms with Crippen LogP contribution < -0.4 is 10.6 Å². The average Bonchev–Trinajstić information content (AvgIpc) is 2.42. The first-order valence-corrected chi connectivity index (χ1v) is 7.10. The molecule has 2 rings (SSSR count). The van der Waals surface area contributed by atoms with E-state index in [2.05, 4.69) is 36.5 Å². The molecular weight excluding hydrogens is 328 g/mol. The third-order valence-electron chi connectivity index (χ3n) is 2.51. The highest BCUT2D eigenvalue weighted by Gasteiger charge is 2.07. The molecule has 0 spiro atoms. The van der Waals surface area contributed by atoms with Gasteiger partial charge in [0, 0.05) is 18.1 Å². The van der Waals surface area contributed by atoms with Crippen molar-refractivity contribution in [3.8, 4) is 0 Å². The van der Waals surface area contributed by atoms with Gasteiger partial charge >= 0.3 is 0 Å². The predicted molar refractivity (Wildman–Crippen MR) is 82.7 cm³/mol. The van der Waals surface area contributed by atoms with Gasteiger partial charge in [-0.15, -0.1) is 0 Å². The summed E-state index contributed by atoms with van der Waals surface area (Å²) in [7, 11) is 0. The number of benzene rings is 1. The van der Waals surface area contributed by atoms with Crippen LogP contribution in [0.25, 0.3) is 0 Å². The fourth-order valence-electron chi connectivity index (χ4n) is 1.57. The summed E-state index contributed by atoms with van der Waals surface area (Å²) in [4.78, 5) is 8.39. The highest BCUT2D eigenvalue weighted by molar-refractivity contribution is 9.10. The lowest BCUT2D eigenvalue weighted by Crippen LogP contribution is -2.06. The fourth-order valence-corrected chi connectivity index (χ4v) is 2.18. The minimum Gasteiger partial charge on any atom is -0.369 e. The first-order valence-electron chi connectivity index (χ1n) is 5.93. The summed E-state index contributed by atoms with van der Waals surface area (Å²) >= 11 is 9.35. The van der Waals surface area contributed by atoms with Gasteiger partial charge in [0.15, 0.2) is 0 Å². The number of hydrogen-bond acceptors (Lipinski definition) is 4. The van der Waals surface area contributed by atoms with E-state index in [9.17, 15) is 0 Å². The van der Waals surface area contributed by atoms with Gasteiger partial charge in [0.2, 0.25) is 0 Å². The van der Waals surface area contributed by atoms with Crippen LogP contribution in [0.15, 0.2) is 35.1 Å². The van der Waals surface area contributed by atoms with Gasteiger partial charge in [0.1, 0.15) is 22.4 Å². The number of hydrogen-bond donors (Lipinski definition) is 2. The Balaban J connectivity index is 2.07. The lowest BCUT2D eigenvalue weighted by molar-refractivity contribution is 1.06. The lowest BCUT2D eigenvalue weighted by Gasteiger charge is -2.10. The van der Waals surface area contributed by atoms with Crippen LogP contribution in [0.5, 0.6) is 0 Å². The summed E-state index contributed by atoms with van der Waals surface area (Å²) in [5, 5.41) is 7.17. The quantitative estimate of drug-likeness (QED) is 0.865. The van der Waals surface area contributed by atoms with E-state index in [0.29, 0.717) is 6.54 Å². The molecule has 0 saturated carbocycles. The topological polar surface area (TPSA) is 49.8 Å². The van der Waals surface area contributed by atoms with Crippen molar-refractivity contribution in [2.24, 2.45) is 0 Å². The van der Waals surface area contributed by atoms with E-state index in [1.807, 2.05) is 31.2 Å². The van der Waals surface area contributed by atoms with Gasteiger partial charge in [-0.1, -0.05) is 23.7 Å². The van der Waals surface area contributed by atoms with Crippen molar-refractivity contribution in [3.05, 3.63) is 45.7 Å². The van der Waals surface area contributed by atoms with E-state index in [-0.39, 0.29) is 0 Å². The van der Waals surface area contributed by atoms with Crippen LogP contribution in [-0.2, 0) is 6.54 Å². The van der Waals surface area contributed by atoms with Crippen molar-refractivity contribution < 1.29 is 0 Å². The van der Waals surface area contributed by atoms with Crippen LogP contribution in [0.2, 0.25) is 5.02 Å². The van der Waals surface area contributed by atoms with Crippen molar-refractivity contribution >= 4 is 39.2 Å². The number of halogens is 2. The van der Waals surface area contributed by atoms with Crippen LogP contribution in [0, 0.1) is 0 Å². The Labute approximate surface area is 125 Å². The number of rotatable bonds is 5. The molecule has 0 amide bonds. The van der Waals surface area contributed by atoms with Crippen LogP contribution in [0.1, 0.15) is 12.5 Å². The average molecular weight is 342 g/mol. The second-order valence-corrected chi connectivity index (χ2v) is 5.12. The largest absolute Gasteiger partial charge is 0.369 e. The molecule has 2 aromatic rings. The Morgan fingerprint density at radius 1 is 1.11 bits per heavy atom. The monoisotopic (exact) mass is 340 g/mol. The Kier molecular flexibility index (Phi) is 4.99. The highest BCUT2D eigenvalue weighted by atomic mass is 79.9. The molecule has 0 radical (unpaired) electrons. The summed E-state index contributed by atoms with van der Waals surface area (Å²) in [5.41, 5.74) is 1.14. The molecule has 0 atom stereocenters. The summed E-state index contributed by atoms with van der Waals surface area (Å²) in [5.74, 6) is 1.55. The molecular formula is C13H14BrClN4. The summed E-state index contributed by atoms with van der Waals surface area (Å²) in [6.07, 6.45) is 1.53. The smallest absolute Gasteiger partial charge is 0.146 e. The Morgan fingerprint density at radius 3 is 2.37 bits per heavy atom. The van der Waals surface area contributed by atoms with Crippen LogP contribution in [-0.4, -0.2) is 16.5 Å². The summed E-state index contributed by atoms with van der Waals surface area (Å²) in [6, 6.07) is 7.71. The van der Waals surface area contributed by atoms with Crippen molar-refractivity contribution in [1.29, 1.82) is 0 Å². The minimum atomic E-state index is 0.679. The second-order valence-electron chi connectivity index (χ2n) is 3.90. The van der Waals surface area contributed by atoms with Crippen LogP contribution in [0.4, 0.5) is 11.6 Å². The zero-order valence-corrected chi connectivity index (χ0v) is 12.8. The Morgan fingerprint density at radius 2 is 1.74 bits per heavy atom. The van der Waals surface area contributed by atoms with Crippen molar-refractivity contribution in [2.45, 2.75) is 13.5 Å². The molecule has 19 heavy (non-hydrogen) atoms. The lowest BCUT2D eigenvalue weighted by atomic mass is 10.2. The maximum absolute atomic E-state index is 5.85. The normalized spacial score (nSPS) is 10.3. The van der Waals surface area contributed by atoms with Gasteiger partial charge in [-0.2, -0.15) is 0 Å². The number of aromatic nitrogens is 2. The van der Waals surface area contributed by atoms with E-state index >= 15 is 0 Å². The highest BCUT2D eigenvalue weighted by Crippen LogP contribution is 2.26. The van der Waals surface area contributed by atoms with Gasteiger partial charge in [-0.25, -0.2) is 9.97 Å². The predicted octanol–water partition coefficient (Wildman–Crippen LogP) is 3.94. The third kappa shape index (κ3) is 3.81. The van der Waals surface area contributed by atoms with Crippen LogP contribution >= 0.6 is 27.5 Å². The first-order chi connectivity index (χ1) is 9.20. The molecule has 0 bridgehead atoms. The van der Waals surface area contributed by atoms with E-state index in [1.165, 1.54) is 6.33 Å². The number of anilines is 2. The maximum Gasteiger partial charge on any atom is 0.146 e. The molecule has 100 valence electrons. The SMILES string of the molecule is CCNc1ncnc(NCc2ccc(Cl)cc2)c1Br. The molecule has 1 aromatic heterocycles. The zero-order chi connectivity index (χ0) is 13.7. The molecule has 6 heteroatoms. The van der Waals surface area contributed by atoms with Gasteiger partial charge in [-0.3, -0.25) is 0 Å². The summed E-state index contributed by atoms with van der Waals surface area (Å²) < 4.78 is 0.839. The second kappa shape index (κ2) is 6.73. The molecule has 0 fully saturated rings. The van der Waals surface area contributed by atoms with Gasteiger partial charge in [-0.05, 0) is 40.5 Å². The minimum absolute atomic E-state index is 0.679. The van der Waals surface area contributed by atoms with E-state index in [0.717, 1.165) is 33.2 Å². The fraction of sp³-hybridized carbons (Fsp3) is 0.231. The number of nitrogens with zero attached hydrogens (tertiary/aromatic N) is 2. The van der Waals surface area contributed by atoms with Crippen molar-refractivity contribution in [2.75, 3.05) is 17.2 Å². The molecule has 0 aliphatic heterocycles. The molecule has 0 aliphatic carbocycles. The Bertz CT molecular complexity index is 545. The van der Waals surface area contributed by atoms with E-state index in [4.69, 9.17) is 11.6 Å². The standard InChI is InChI=1S/C13H14BrClN4/c1-2-16-12-11(14)13(19-8-18-12)17-7-9-3-5-10(15)6-4-9/h3-6,8H,2,7H2,1H3,(H2,16,17,18,19).